The van der Waals surface area contributed by atoms with E-state index in [4.69, 9.17) is 12.2 Å². The minimum Gasteiger partial charge on any atom is -0.327 e. The highest BCUT2D eigenvalue weighted by Crippen LogP contribution is 2.42. The maximum Gasteiger partial charge on any atom is 0.303 e. The van der Waals surface area contributed by atoms with Crippen molar-refractivity contribution in [1.29, 1.82) is 0 Å². The Morgan fingerprint density at radius 2 is 1.28 bits per heavy atom. The van der Waals surface area contributed by atoms with Crippen LogP contribution in [0, 0.1) is 0 Å². The molecule has 0 amide bonds. The molecule has 0 aliphatic rings. The predicted molar refractivity (Wildman–Crippen MR) is 144 cm³/mol. The monoisotopic (exact) mass is 501 g/mol. The van der Waals surface area contributed by atoms with Gasteiger partial charge in [-0.1, -0.05) is 103 Å². The van der Waals surface area contributed by atoms with Gasteiger partial charge in [-0.3, -0.25) is 0 Å². The number of nitrogens with zero attached hydrogens (tertiary/aromatic N) is 1. The summed E-state index contributed by atoms with van der Waals surface area (Å²) in [6.07, 6.45) is 19.3. The summed E-state index contributed by atoms with van der Waals surface area (Å²) in [6.45, 7) is 0.288. The maximum absolute atomic E-state index is 10.0. The Bertz CT molecular complexity index is 749. The molecule has 0 fully saturated rings. The average molecular weight is 502 g/mol. The fraction of sp³-hybridized carbons (Fsp3) is 0.720. The molecule has 7 heteroatoms. The van der Waals surface area contributed by atoms with Gasteiger partial charge in [0.15, 0.2) is 0 Å². The van der Waals surface area contributed by atoms with Gasteiger partial charge in [-0.25, -0.2) is 0 Å². The third-order valence-electron chi connectivity index (χ3n) is 5.86. The largest absolute Gasteiger partial charge is 0.327 e. The number of unbranched alkanes of at least 4 members (excludes halogenated alkanes) is 12. The zero-order chi connectivity index (χ0) is 23.7. The van der Waals surface area contributed by atoms with Crippen LogP contribution < -0.4 is 0 Å². The molecule has 0 aliphatic carbocycles. The number of rotatable bonds is 18. The Balaban J connectivity index is 2.91. The van der Waals surface area contributed by atoms with E-state index >= 15 is 0 Å². The van der Waals surface area contributed by atoms with Crippen molar-refractivity contribution in [3.05, 3.63) is 29.3 Å². The molecule has 1 aromatic carbocycles. The van der Waals surface area contributed by atoms with Crippen LogP contribution >= 0.6 is 18.9 Å². The molecule has 1 rings (SSSR count). The van der Waals surface area contributed by atoms with Crippen LogP contribution in [0.1, 0.15) is 115 Å². The molecule has 1 atom stereocenters. The molecule has 0 aliphatic heterocycles. The second-order valence-electron chi connectivity index (χ2n) is 8.60. The van der Waals surface area contributed by atoms with Gasteiger partial charge < -0.3 is 14.7 Å². The highest BCUT2D eigenvalue weighted by atomic mass is 32.5. The van der Waals surface area contributed by atoms with Gasteiger partial charge in [-0.05, 0) is 55.1 Å². The van der Waals surface area contributed by atoms with E-state index in [0.717, 1.165) is 42.6 Å². The van der Waals surface area contributed by atoms with E-state index in [1.807, 2.05) is 12.1 Å². The molecule has 184 valence electrons. The van der Waals surface area contributed by atoms with Gasteiger partial charge in [0.1, 0.15) is 0 Å². The number of benzene rings is 1. The van der Waals surface area contributed by atoms with Gasteiger partial charge >= 0.3 is 6.72 Å². The van der Waals surface area contributed by atoms with Crippen molar-refractivity contribution < 1.29 is 14.7 Å². The van der Waals surface area contributed by atoms with Gasteiger partial charge in [-0.2, -0.15) is 4.40 Å². The van der Waals surface area contributed by atoms with Gasteiger partial charge in [0.25, 0.3) is 0 Å². The lowest BCUT2D eigenvalue weighted by atomic mass is 9.96. The van der Waals surface area contributed by atoms with Crippen LogP contribution in [0.3, 0.4) is 0 Å². The minimum absolute atomic E-state index is 0.717. The lowest BCUT2D eigenvalue weighted by molar-refractivity contribution is 0.362. The second-order valence-corrected chi connectivity index (χ2v) is 13.5. The van der Waals surface area contributed by atoms with Crippen molar-refractivity contribution in [1.82, 2.24) is 0 Å². The van der Waals surface area contributed by atoms with E-state index in [1.165, 1.54) is 76.2 Å². The van der Waals surface area contributed by atoms with E-state index in [-0.39, 0.29) is 0 Å². The lowest BCUT2D eigenvalue weighted by Crippen LogP contribution is -2.04. The van der Waals surface area contributed by atoms with Crippen LogP contribution in [-0.2, 0) is 23.1 Å². The summed E-state index contributed by atoms with van der Waals surface area (Å²) in [5.74, 6) is 0. The first-order valence-electron chi connectivity index (χ1n) is 12.5. The first-order valence-corrected chi connectivity index (χ1v) is 16.3. The van der Waals surface area contributed by atoms with E-state index < -0.39 is 17.0 Å². The van der Waals surface area contributed by atoms with Crippen LogP contribution in [0.15, 0.2) is 27.5 Å². The molecule has 0 spiro atoms. The van der Waals surface area contributed by atoms with Crippen LogP contribution in [0.4, 0.5) is 0 Å². The zero-order valence-electron chi connectivity index (χ0n) is 20.1. The Hall–Kier alpha value is -0.320. The van der Waals surface area contributed by atoms with Crippen LogP contribution in [-0.4, -0.2) is 19.8 Å². The molecule has 0 saturated carbocycles. The number of aryl methyl sites for hydroxylation is 1. The van der Waals surface area contributed by atoms with Crippen LogP contribution in [0.5, 0.6) is 0 Å². The third kappa shape index (κ3) is 12.2. The van der Waals surface area contributed by atoms with Gasteiger partial charge in [-0.15, -0.1) is 0 Å². The highest BCUT2D eigenvalue weighted by Gasteiger charge is 2.19. The highest BCUT2D eigenvalue weighted by molar-refractivity contribution is 8.26. The molecule has 1 aromatic rings. The standard InChI is InChI=1S/C25H44NO3PS2/c1-3-5-7-9-11-13-15-18-23-19-17-21-25(32(26-22-31)30(27,28)29)24(23)20-16-14-12-10-8-6-4-2/h17,19,21,27-29H,3-16,18,20H2,1-2H3. The van der Waals surface area contributed by atoms with Crippen LogP contribution in [0.2, 0.25) is 0 Å². The molecule has 0 heterocycles. The molecule has 0 radical (unpaired) electrons. The number of hydrogen-bond acceptors (Lipinski definition) is 1. The minimum atomic E-state index is -4.18. The normalized spacial score (nSPS) is 12.5. The van der Waals surface area contributed by atoms with Gasteiger partial charge in [0, 0.05) is 15.2 Å². The molecule has 1 unspecified atom stereocenters. The second kappa shape index (κ2) is 18.1. The molecule has 32 heavy (non-hydrogen) atoms. The number of thiocarbonyl (C=S) groups is 1. The summed E-state index contributed by atoms with van der Waals surface area (Å²) < 4.78 is 3.98. The SMILES string of the molecule is CCCCCCCCCc1cccc(S(N=C=S)=P(O)(O)O)c1CCCCCCCCC. The first kappa shape index (κ1) is 29.7. The topological polar surface area (TPSA) is 73.1 Å². The molecular formula is C25H44NO3PS2. The summed E-state index contributed by atoms with van der Waals surface area (Å²) >= 11 is 4.73. The fourth-order valence-corrected chi connectivity index (χ4v) is 7.44. The summed E-state index contributed by atoms with van der Waals surface area (Å²) in [7, 11) is -1.46. The third-order valence-corrected chi connectivity index (χ3v) is 9.80. The Labute approximate surface area is 203 Å². The lowest BCUT2D eigenvalue weighted by Gasteiger charge is -2.18. The summed E-state index contributed by atoms with van der Waals surface area (Å²) in [6, 6.07) is 5.95. The summed E-state index contributed by atoms with van der Waals surface area (Å²) in [4.78, 5) is 30.8. The molecule has 0 bridgehead atoms. The quantitative estimate of drug-likeness (QED) is 0.0826. The number of hydrogen-bond donors (Lipinski definition) is 3. The van der Waals surface area contributed by atoms with Gasteiger partial charge in [0.2, 0.25) is 0 Å². The molecular weight excluding hydrogens is 457 g/mol. The maximum atomic E-state index is 10.0. The first-order chi connectivity index (χ1) is 15.5. The Morgan fingerprint density at radius 1 is 0.781 bits per heavy atom. The van der Waals surface area contributed by atoms with Crippen molar-refractivity contribution in [2.24, 2.45) is 4.40 Å². The van der Waals surface area contributed by atoms with Crippen molar-refractivity contribution in [3.8, 4) is 0 Å². The van der Waals surface area contributed by atoms with Crippen molar-refractivity contribution >= 4 is 34.4 Å². The number of isothiocyanates is 1. The Kier molecular flexibility index (Phi) is 16.8. The zero-order valence-corrected chi connectivity index (χ0v) is 22.6. The van der Waals surface area contributed by atoms with Crippen molar-refractivity contribution in [3.63, 3.8) is 0 Å². The van der Waals surface area contributed by atoms with Crippen LogP contribution in [0.25, 0.3) is 0 Å². The van der Waals surface area contributed by atoms with E-state index in [2.05, 4.69) is 29.5 Å². The smallest absolute Gasteiger partial charge is 0.303 e. The van der Waals surface area contributed by atoms with E-state index in [0.29, 0.717) is 0 Å². The molecule has 0 saturated heterocycles. The molecule has 4 nitrogen and oxygen atoms in total. The predicted octanol–water partition coefficient (Wildman–Crippen LogP) is 7.92. The summed E-state index contributed by atoms with van der Waals surface area (Å²) in [5, 5.41) is 2.26. The molecule has 0 aromatic heterocycles. The van der Waals surface area contributed by atoms with E-state index in [9.17, 15) is 14.7 Å². The van der Waals surface area contributed by atoms with Gasteiger partial charge in [0.05, 0.1) is 5.16 Å². The summed E-state index contributed by atoms with van der Waals surface area (Å²) in [5.41, 5.74) is 2.36. The van der Waals surface area contributed by atoms with Crippen molar-refractivity contribution in [2.45, 2.75) is 121 Å². The van der Waals surface area contributed by atoms with E-state index in [1.54, 1.807) is 0 Å². The van der Waals surface area contributed by atoms with Crippen molar-refractivity contribution in [2.75, 3.05) is 0 Å². The average Bonchev–Trinajstić information content (AvgIpc) is 2.76. The Morgan fingerprint density at radius 3 is 1.78 bits per heavy atom. The molecule has 3 N–H and O–H groups in total. The fourth-order valence-electron chi connectivity index (χ4n) is 4.10.